The number of methoxy groups -OCH3 is 1. The molecule has 1 aliphatic rings. The standard InChI is InChI=1S/C19H26N4O4.ClH/c1-26-9-5-20-13-18(24)21-16-2-3-17-15(12-16)4-6-23(17)14-19(25)22-7-10-27-11-8-22;/h2-4,6,12,20H,5,7-11,13-14H2,1H3,(H,21,24);1H. The summed E-state index contributed by atoms with van der Waals surface area (Å²) in [6, 6.07) is 7.65. The molecule has 0 saturated carbocycles. The van der Waals surface area contributed by atoms with Crippen LogP contribution in [0.25, 0.3) is 10.9 Å². The van der Waals surface area contributed by atoms with Crippen LogP contribution in [0.4, 0.5) is 5.69 Å². The van der Waals surface area contributed by atoms with Crippen LogP contribution in [0.15, 0.2) is 30.5 Å². The van der Waals surface area contributed by atoms with Crippen LogP contribution in [-0.4, -0.2) is 74.4 Å². The van der Waals surface area contributed by atoms with Gasteiger partial charge in [0.25, 0.3) is 0 Å². The molecule has 2 N–H and O–H groups in total. The predicted octanol–water partition coefficient (Wildman–Crippen LogP) is 1.10. The Bertz CT molecular complexity index is 789. The number of aromatic nitrogens is 1. The van der Waals surface area contributed by atoms with Crippen LogP contribution in [-0.2, 0) is 25.6 Å². The molecule has 1 saturated heterocycles. The maximum atomic E-state index is 12.4. The molecule has 0 bridgehead atoms. The predicted molar refractivity (Wildman–Crippen MR) is 110 cm³/mol. The Hall–Kier alpha value is -2.13. The van der Waals surface area contributed by atoms with Crippen molar-refractivity contribution in [2.45, 2.75) is 6.54 Å². The first-order chi connectivity index (χ1) is 13.2. The fraction of sp³-hybridized carbons (Fsp3) is 0.474. The summed E-state index contributed by atoms with van der Waals surface area (Å²) in [6.45, 7) is 4.22. The summed E-state index contributed by atoms with van der Waals surface area (Å²) in [4.78, 5) is 26.2. The normalized spacial score (nSPS) is 14.0. The quantitative estimate of drug-likeness (QED) is 0.636. The van der Waals surface area contributed by atoms with Crippen molar-refractivity contribution in [1.82, 2.24) is 14.8 Å². The number of nitrogens with one attached hydrogen (secondary N) is 2. The van der Waals surface area contributed by atoms with E-state index in [9.17, 15) is 9.59 Å². The monoisotopic (exact) mass is 410 g/mol. The molecule has 2 heterocycles. The van der Waals surface area contributed by atoms with Crippen LogP contribution < -0.4 is 10.6 Å². The van der Waals surface area contributed by atoms with Crippen molar-refractivity contribution in [2.24, 2.45) is 0 Å². The summed E-state index contributed by atoms with van der Waals surface area (Å²) in [5, 5.41) is 6.86. The molecule has 1 fully saturated rings. The lowest BCUT2D eigenvalue weighted by Crippen LogP contribution is -2.42. The molecule has 0 spiro atoms. The van der Waals surface area contributed by atoms with Crippen molar-refractivity contribution in [2.75, 3.05) is 58.4 Å². The Morgan fingerprint density at radius 2 is 2.00 bits per heavy atom. The third kappa shape index (κ3) is 5.93. The fourth-order valence-corrected chi connectivity index (χ4v) is 3.06. The number of hydrogen-bond donors (Lipinski definition) is 2. The van der Waals surface area contributed by atoms with Gasteiger partial charge in [0, 0.05) is 49.5 Å². The highest BCUT2D eigenvalue weighted by molar-refractivity contribution is 5.95. The molecule has 2 amide bonds. The lowest BCUT2D eigenvalue weighted by atomic mass is 10.2. The third-order valence-corrected chi connectivity index (χ3v) is 4.49. The molecule has 0 radical (unpaired) electrons. The average molecular weight is 411 g/mol. The number of rotatable bonds is 8. The molecule has 0 aliphatic carbocycles. The van der Waals surface area contributed by atoms with Crippen molar-refractivity contribution in [3.05, 3.63) is 30.5 Å². The van der Waals surface area contributed by atoms with E-state index in [0.29, 0.717) is 46.0 Å². The first kappa shape index (κ1) is 22.2. The van der Waals surface area contributed by atoms with Gasteiger partial charge in [0.05, 0.1) is 26.4 Å². The summed E-state index contributed by atoms with van der Waals surface area (Å²) >= 11 is 0. The summed E-state index contributed by atoms with van der Waals surface area (Å²) in [5.74, 6) is -0.0114. The van der Waals surface area contributed by atoms with Crippen molar-refractivity contribution in [1.29, 1.82) is 0 Å². The lowest BCUT2D eigenvalue weighted by molar-refractivity contribution is -0.135. The van der Waals surface area contributed by atoms with Crippen LogP contribution >= 0.6 is 12.4 Å². The number of amides is 2. The molecule has 2 aromatic rings. The molecule has 1 aromatic carbocycles. The second-order valence-corrected chi connectivity index (χ2v) is 6.43. The number of hydrogen-bond acceptors (Lipinski definition) is 5. The second-order valence-electron chi connectivity index (χ2n) is 6.43. The van der Waals surface area contributed by atoms with Crippen LogP contribution in [0.2, 0.25) is 0 Å². The van der Waals surface area contributed by atoms with Gasteiger partial charge >= 0.3 is 0 Å². The highest BCUT2D eigenvalue weighted by Crippen LogP contribution is 2.21. The van der Waals surface area contributed by atoms with Gasteiger partial charge in [0.2, 0.25) is 11.8 Å². The van der Waals surface area contributed by atoms with E-state index >= 15 is 0 Å². The molecular weight excluding hydrogens is 384 g/mol. The Morgan fingerprint density at radius 3 is 2.75 bits per heavy atom. The maximum absolute atomic E-state index is 12.4. The molecule has 1 aliphatic heterocycles. The summed E-state index contributed by atoms with van der Waals surface area (Å²) in [6.07, 6.45) is 1.90. The minimum absolute atomic E-state index is 0. The molecule has 0 atom stereocenters. The van der Waals surface area contributed by atoms with Gasteiger partial charge in [-0.3, -0.25) is 9.59 Å². The van der Waals surface area contributed by atoms with Gasteiger partial charge in [-0.25, -0.2) is 0 Å². The lowest BCUT2D eigenvalue weighted by Gasteiger charge is -2.27. The largest absolute Gasteiger partial charge is 0.383 e. The van der Waals surface area contributed by atoms with Crippen molar-refractivity contribution >= 4 is 40.8 Å². The van der Waals surface area contributed by atoms with Crippen LogP contribution in [0, 0.1) is 0 Å². The van der Waals surface area contributed by atoms with Gasteiger partial charge < -0.3 is 29.6 Å². The number of ether oxygens (including phenoxy) is 2. The molecule has 0 unspecified atom stereocenters. The van der Waals surface area contributed by atoms with Crippen molar-refractivity contribution in [3.8, 4) is 0 Å². The van der Waals surface area contributed by atoms with Gasteiger partial charge in [-0.05, 0) is 24.3 Å². The van der Waals surface area contributed by atoms with Crippen LogP contribution in [0.3, 0.4) is 0 Å². The SMILES string of the molecule is COCCNCC(=O)Nc1ccc2c(ccn2CC(=O)N2CCOCC2)c1.Cl. The third-order valence-electron chi connectivity index (χ3n) is 4.49. The van der Waals surface area contributed by atoms with Gasteiger partial charge in [0.15, 0.2) is 0 Å². The molecule has 154 valence electrons. The van der Waals surface area contributed by atoms with Gasteiger partial charge in [-0.15, -0.1) is 12.4 Å². The average Bonchev–Trinajstić information content (AvgIpc) is 3.08. The highest BCUT2D eigenvalue weighted by atomic mass is 35.5. The zero-order chi connectivity index (χ0) is 19.1. The smallest absolute Gasteiger partial charge is 0.242 e. The van der Waals surface area contributed by atoms with E-state index in [2.05, 4.69) is 10.6 Å². The fourth-order valence-electron chi connectivity index (χ4n) is 3.06. The summed E-state index contributed by atoms with van der Waals surface area (Å²) in [5.41, 5.74) is 1.70. The van der Waals surface area contributed by atoms with Gasteiger partial charge in [-0.1, -0.05) is 0 Å². The number of morpholine rings is 1. The van der Waals surface area contributed by atoms with E-state index in [4.69, 9.17) is 9.47 Å². The summed E-state index contributed by atoms with van der Waals surface area (Å²) < 4.78 is 12.2. The van der Waals surface area contributed by atoms with Gasteiger partial charge in [-0.2, -0.15) is 0 Å². The Morgan fingerprint density at radius 1 is 1.21 bits per heavy atom. The minimum atomic E-state index is -0.104. The van der Waals surface area contributed by atoms with Gasteiger partial charge in [0.1, 0.15) is 6.54 Å². The van der Waals surface area contributed by atoms with E-state index in [1.807, 2.05) is 39.9 Å². The molecule has 8 nitrogen and oxygen atoms in total. The van der Waals surface area contributed by atoms with Crippen LogP contribution in [0.5, 0.6) is 0 Å². The molecular formula is C19H27ClN4O4. The zero-order valence-corrected chi connectivity index (χ0v) is 16.8. The first-order valence-corrected chi connectivity index (χ1v) is 9.11. The highest BCUT2D eigenvalue weighted by Gasteiger charge is 2.17. The first-order valence-electron chi connectivity index (χ1n) is 9.11. The van der Waals surface area contributed by atoms with Crippen LogP contribution in [0.1, 0.15) is 0 Å². The number of carbonyl (C=O) groups excluding carboxylic acids is 2. The molecule has 9 heteroatoms. The van der Waals surface area contributed by atoms with E-state index in [1.54, 1.807) is 7.11 Å². The van der Waals surface area contributed by atoms with E-state index in [1.165, 1.54) is 0 Å². The molecule has 28 heavy (non-hydrogen) atoms. The number of fused-ring (bicyclic) bond motifs is 1. The zero-order valence-electron chi connectivity index (χ0n) is 16.0. The Balaban J connectivity index is 0.00000280. The molecule has 3 rings (SSSR count). The topological polar surface area (TPSA) is 84.8 Å². The van der Waals surface area contributed by atoms with E-state index < -0.39 is 0 Å². The summed E-state index contributed by atoms with van der Waals surface area (Å²) in [7, 11) is 1.62. The number of nitrogens with zero attached hydrogens (tertiary/aromatic N) is 2. The molecule has 1 aromatic heterocycles. The Kier molecular flexibility index (Phi) is 8.72. The minimum Gasteiger partial charge on any atom is -0.383 e. The number of benzene rings is 1. The number of halogens is 1. The second kappa shape index (κ2) is 11.0. The Labute approximate surface area is 170 Å². The maximum Gasteiger partial charge on any atom is 0.242 e. The van der Waals surface area contributed by atoms with E-state index in [-0.39, 0.29) is 30.8 Å². The van der Waals surface area contributed by atoms with E-state index in [0.717, 1.165) is 16.6 Å². The van der Waals surface area contributed by atoms with Crippen molar-refractivity contribution < 1.29 is 19.1 Å². The number of carbonyl (C=O) groups is 2. The number of anilines is 1. The van der Waals surface area contributed by atoms with Crippen molar-refractivity contribution in [3.63, 3.8) is 0 Å².